The second-order valence-corrected chi connectivity index (χ2v) is 1.60. The molecule has 0 saturated carbocycles. The van der Waals surface area contributed by atoms with E-state index in [1.54, 1.807) is 0 Å². The quantitative estimate of drug-likeness (QED) is 0.414. The molecule has 9 heavy (non-hydrogen) atoms. The van der Waals surface area contributed by atoms with Gasteiger partial charge in [0.15, 0.2) is 0 Å². The number of nitrogens with zero attached hydrogens (tertiary/aromatic N) is 2. The van der Waals surface area contributed by atoms with Gasteiger partial charge >= 0.3 is 0 Å². The van der Waals surface area contributed by atoms with Crippen LogP contribution in [0, 0.1) is 5.41 Å². The van der Waals surface area contributed by atoms with Crippen molar-refractivity contribution in [3.8, 4) is 0 Å². The van der Waals surface area contributed by atoms with Gasteiger partial charge in [0.2, 0.25) is 0 Å². The zero-order valence-corrected chi connectivity index (χ0v) is 4.66. The fraction of sp³-hybridized carbons (Fsp3) is 0.250. The Hall–Kier alpha value is -1.39. The van der Waals surface area contributed by atoms with Gasteiger partial charge in [-0.1, -0.05) is 0 Å². The molecule has 0 spiro atoms. The Morgan fingerprint density at radius 2 is 2.67 bits per heavy atom. The molecule has 0 aromatic carbocycles. The Morgan fingerprint density at radius 1 is 1.89 bits per heavy atom. The summed E-state index contributed by atoms with van der Waals surface area (Å²) < 4.78 is 4.40. The third kappa shape index (κ3) is 1.52. The molecule has 0 unspecified atom stereocenters. The third-order valence-corrected chi connectivity index (χ3v) is 0.777. The number of amidine groups is 1. The Kier molecular flexibility index (Phi) is 1.44. The summed E-state index contributed by atoms with van der Waals surface area (Å²) in [5, 5.41) is 13.6. The predicted octanol–water partition coefficient (Wildman–Crippen LogP) is -0.452. The highest BCUT2D eigenvalue weighted by Gasteiger charge is 1.97. The summed E-state index contributed by atoms with van der Waals surface area (Å²) in [5.74, 6) is 0.0608. The van der Waals surface area contributed by atoms with Gasteiger partial charge in [-0.15, -0.1) is 5.10 Å². The van der Waals surface area contributed by atoms with E-state index in [1.807, 2.05) is 0 Å². The minimum absolute atomic E-state index is 0.0608. The fourth-order valence-electron chi connectivity index (χ4n) is 0.456. The first-order chi connectivity index (χ1) is 4.29. The number of aromatic nitrogens is 2. The summed E-state index contributed by atoms with van der Waals surface area (Å²) in [6, 6.07) is 0. The van der Waals surface area contributed by atoms with Crippen LogP contribution in [0.5, 0.6) is 0 Å². The van der Waals surface area contributed by atoms with Crippen molar-refractivity contribution in [2.45, 2.75) is 6.42 Å². The van der Waals surface area contributed by atoms with E-state index in [1.165, 1.54) is 6.26 Å². The van der Waals surface area contributed by atoms with Gasteiger partial charge in [-0.25, -0.2) is 0 Å². The van der Waals surface area contributed by atoms with Gasteiger partial charge in [-0.05, 0) is 0 Å². The highest BCUT2D eigenvalue weighted by Crippen LogP contribution is 1.90. The van der Waals surface area contributed by atoms with E-state index >= 15 is 0 Å². The van der Waals surface area contributed by atoms with Crippen molar-refractivity contribution in [3.05, 3.63) is 12.0 Å². The van der Waals surface area contributed by atoms with Crippen molar-refractivity contribution in [2.24, 2.45) is 5.73 Å². The first-order valence-electron chi connectivity index (χ1n) is 2.38. The molecule has 0 radical (unpaired) electrons. The van der Waals surface area contributed by atoms with Crippen molar-refractivity contribution in [1.29, 1.82) is 5.41 Å². The van der Waals surface area contributed by atoms with Crippen LogP contribution >= 0.6 is 0 Å². The molecule has 0 aliphatic rings. The molecule has 0 amide bonds. The Morgan fingerprint density at radius 3 is 3.11 bits per heavy atom. The van der Waals surface area contributed by atoms with Crippen molar-refractivity contribution in [3.63, 3.8) is 0 Å². The number of hydrogen-bond donors (Lipinski definition) is 2. The van der Waals surface area contributed by atoms with Crippen molar-refractivity contribution >= 4 is 5.84 Å². The zero-order chi connectivity index (χ0) is 6.69. The van der Waals surface area contributed by atoms with Crippen molar-refractivity contribution in [2.75, 3.05) is 0 Å². The van der Waals surface area contributed by atoms with E-state index in [4.69, 9.17) is 11.1 Å². The predicted molar refractivity (Wildman–Crippen MR) is 29.9 cm³/mol. The average Bonchev–Trinajstić information content (AvgIpc) is 2.15. The standard InChI is InChI=1S/C4H6N4O/c5-4(6)1-3-2-9-8-7-3/h2H,1H2,(H3,5,6). The Balaban J connectivity index is 2.58. The lowest BCUT2D eigenvalue weighted by Crippen LogP contribution is -2.12. The molecular formula is C4H6N4O. The van der Waals surface area contributed by atoms with Gasteiger partial charge in [-0.2, -0.15) is 0 Å². The molecule has 0 aliphatic heterocycles. The molecule has 1 heterocycles. The van der Waals surface area contributed by atoms with Crippen LogP contribution in [0.1, 0.15) is 5.69 Å². The van der Waals surface area contributed by atoms with E-state index in [0.717, 1.165) is 0 Å². The molecule has 48 valence electrons. The molecule has 5 heteroatoms. The van der Waals surface area contributed by atoms with Crippen LogP contribution in [0.4, 0.5) is 0 Å². The maximum atomic E-state index is 6.84. The Labute approximate surface area is 51.3 Å². The smallest absolute Gasteiger partial charge is 0.148 e. The van der Waals surface area contributed by atoms with Crippen molar-refractivity contribution < 1.29 is 4.52 Å². The van der Waals surface area contributed by atoms with Gasteiger partial charge in [-0.3, -0.25) is 5.41 Å². The van der Waals surface area contributed by atoms with Crippen LogP contribution in [0.3, 0.4) is 0 Å². The van der Waals surface area contributed by atoms with Crippen LogP contribution in [0.2, 0.25) is 0 Å². The number of nitrogens with one attached hydrogen (secondary N) is 1. The highest BCUT2D eigenvalue weighted by atomic mass is 16.5. The molecule has 1 rings (SSSR count). The minimum atomic E-state index is 0.0608. The molecule has 0 fully saturated rings. The summed E-state index contributed by atoms with van der Waals surface area (Å²) in [7, 11) is 0. The number of rotatable bonds is 2. The van der Waals surface area contributed by atoms with E-state index in [-0.39, 0.29) is 5.84 Å². The number of nitrogens with two attached hydrogens (primary N) is 1. The van der Waals surface area contributed by atoms with Gasteiger partial charge < -0.3 is 10.3 Å². The molecule has 0 bridgehead atoms. The molecule has 5 nitrogen and oxygen atoms in total. The topological polar surface area (TPSA) is 88.8 Å². The molecule has 0 aliphatic carbocycles. The molecular weight excluding hydrogens is 120 g/mol. The van der Waals surface area contributed by atoms with Gasteiger partial charge in [0, 0.05) is 5.27 Å². The van der Waals surface area contributed by atoms with Crippen LogP contribution in [0.15, 0.2) is 10.8 Å². The maximum absolute atomic E-state index is 6.84. The molecule has 3 N–H and O–H groups in total. The van der Waals surface area contributed by atoms with E-state index < -0.39 is 0 Å². The lowest BCUT2D eigenvalue weighted by Gasteiger charge is -1.86. The van der Waals surface area contributed by atoms with Crippen molar-refractivity contribution in [1.82, 2.24) is 10.4 Å². The van der Waals surface area contributed by atoms with Gasteiger partial charge in [0.05, 0.1) is 12.3 Å². The van der Waals surface area contributed by atoms with E-state index in [9.17, 15) is 0 Å². The van der Waals surface area contributed by atoms with Crippen LogP contribution in [-0.2, 0) is 6.42 Å². The molecule has 0 saturated heterocycles. The lowest BCUT2D eigenvalue weighted by atomic mass is 10.3. The highest BCUT2D eigenvalue weighted by molar-refractivity contribution is 5.78. The van der Waals surface area contributed by atoms with Crippen LogP contribution < -0.4 is 5.73 Å². The number of hydrogen-bond acceptors (Lipinski definition) is 4. The van der Waals surface area contributed by atoms with Crippen LogP contribution in [0.25, 0.3) is 0 Å². The maximum Gasteiger partial charge on any atom is 0.148 e. The van der Waals surface area contributed by atoms with E-state index in [0.29, 0.717) is 12.1 Å². The summed E-state index contributed by atoms with van der Waals surface area (Å²) in [6.07, 6.45) is 1.67. The average molecular weight is 126 g/mol. The first-order valence-corrected chi connectivity index (χ1v) is 2.38. The summed E-state index contributed by atoms with van der Waals surface area (Å²) in [6.45, 7) is 0. The lowest BCUT2D eigenvalue weighted by molar-refractivity contribution is 0.392. The molecule has 1 aromatic rings. The normalized spacial score (nSPS) is 9.33. The zero-order valence-electron chi connectivity index (χ0n) is 4.66. The molecule has 1 aromatic heterocycles. The third-order valence-electron chi connectivity index (χ3n) is 0.777. The van der Waals surface area contributed by atoms with Gasteiger partial charge in [0.25, 0.3) is 0 Å². The largest absolute Gasteiger partial charge is 0.387 e. The van der Waals surface area contributed by atoms with Gasteiger partial charge in [0.1, 0.15) is 12.0 Å². The SMILES string of the molecule is N=C(N)Cc1conn1. The summed E-state index contributed by atoms with van der Waals surface area (Å²) in [4.78, 5) is 0. The van der Waals surface area contributed by atoms with Crippen LogP contribution in [-0.4, -0.2) is 16.2 Å². The van der Waals surface area contributed by atoms with E-state index in [2.05, 4.69) is 14.9 Å². The second-order valence-electron chi connectivity index (χ2n) is 1.60. The molecule has 0 atom stereocenters. The first kappa shape index (κ1) is 5.74. The summed E-state index contributed by atoms with van der Waals surface area (Å²) in [5.41, 5.74) is 5.64. The second kappa shape index (κ2) is 2.25. The monoisotopic (exact) mass is 126 g/mol. The minimum Gasteiger partial charge on any atom is -0.387 e. The summed E-state index contributed by atoms with van der Waals surface area (Å²) >= 11 is 0. The fourth-order valence-corrected chi connectivity index (χ4v) is 0.456. The Bertz CT molecular complexity index is 192.